The molecule has 8 heteroatoms. The summed E-state index contributed by atoms with van der Waals surface area (Å²) in [7, 11) is 0. The van der Waals surface area contributed by atoms with Gasteiger partial charge in [-0.15, -0.1) is 0 Å². The Hall–Kier alpha value is -2.74. The van der Waals surface area contributed by atoms with E-state index in [1.54, 1.807) is 23.5 Å². The van der Waals surface area contributed by atoms with Crippen molar-refractivity contribution < 1.29 is 4.79 Å². The van der Waals surface area contributed by atoms with Gasteiger partial charge in [-0.25, -0.2) is 4.98 Å². The average Bonchev–Trinajstić information content (AvgIpc) is 3.32. The second kappa shape index (κ2) is 6.64. The van der Waals surface area contributed by atoms with Crippen LogP contribution in [0.15, 0.2) is 40.1 Å². The van der Waals surface area contributed by atoms with Crippen LogP contribution in [0, 0.1) is 0 Å². The lowest BCUT2D eigenvalue weighted by Gasteiger charge is -2.31. The Labute approximate surface area is 147 Å². The first-order chi connectivity index (χ1) is 12.2. The Morgan fingerprint density at radius 1 is 1.28 bits per heavy atom. The van der Waals surface area contributed by atoms with Crippen LogP contribution in [0.5, 0.6) is 0 Å². The first kappa shape index (κ1) is 15.8. The number of aromatic amines is 2. The van der Waals surface area contributed by atoms with Crippen molar-refractivity contribution in [2.24, 2.45) is 0 Å². The van der Waals surface area contributed by atoms with Crippen LogP contribution in [0.25, 0.3) is 11.3 Å². The van der Waals surface area contributed by atoms with E-state index in [1.807, 2.05) is 21.7 Å². The molecule has 4 rings (SSSR count). The predicted octanol–water partition coefficient (Wildman–Crippen LogP) is 2.24. The zero-order valence-corrected chi connectivity index (χ0v) is 14.3. The molecule has 3 aromatic heterocycles. The number of H-pyrrole nitrogens is 2. The van der Waals surface area contributed by atoms with Crippen LogP contribution in [0.2, 0.25) is 0 Å². The smallest absolute Gasteiger partial charge is 0.271 e. The van der Waals surface area contributed by atoms with Crippen LogP contribution in [0.1, 0.15) is 34.9 Å². The lowest BCUT2D eigenvalue weighted by Crippen LogP contribution is -2.38. The van der Waals surface area contributed by atoms with Crippen LogP contribution in [-0.4, -0.2) is 44.1 Å². The number of nitrogens with zero attached hydrogens (tertiary/aromatic N) is 3. The van der Waals surface area contributed by atoms with E-state index in [4.69, 9.17) is 0 Å². The topological polar surface area (TPSA) is 94.7 Å². The third-order valence-electron chi connectivity index (χ3n) is 4.53. The van der Waals surface area contributed by atoms with E-state index in [0.29, 0.717) is 18.8 Å². The number of hydrogen-bond donors (Lipinski definition) is 2. The maximum Gasteiger partial charge on any atom is 0.271 e. The van der Waals surface area contributed by atoms with Crippen LogP contribution < -0.4 is 5.56 Å². The van der Waals surface area contributed by atoms with Gasteiger partial charge in [0.15, 0.2) is 0 Å². The van der Waals surface area contributed by atoms with Gasteiger partial charge in [0, 0.05) is 36.0 Å². The zero-order valence-electron chi connectivity index (χ0n) is 13.4. The van der Waals surface area contributed by atoms with E-state index in [0.717, 1.165) is 29.8 Å². The molecule has 0 unspecified atom stereocenters. The zero-order chi connectivity index (χ0) is 17.2. The number of aromatic nitrogens is 4. The fraction of sp³-hybridized carbons (Fsp3) is 0.294. The molecule has 0 saturated carbocycles. The van der Waals surface area contributed by atoms with E-state index >= 15 is 0 Å². The Kier molecular flexibility index (Phi) is 4.19. The summed E-state index contributed by atoms with van der Waals surface area (Å²) in [6, 6.07) is 5.33. The molecule has 3 aromatic rings. The summed E-state index contributed by atoms with van der Waals surface area (Å²) in [6.45, 7) is 1.29. The van der Waals surface area contributed by atoms with Gasteiger partial charge in [0.05, 0.1) is 17.7 Å². The summed E-state index contributed by atoms with van der Waals surface area (Å²) in [6.07, 6.45) is 3.03. The van der Waals surface area contributed by atoms with Crippen molar-refractivity contribution in [3.8, 4) is 11.3 Å². The maximum absolute atomic E-state index is 12.7. The van der Waals surface area contributed by atoms with Crippen molar-refractivity contribution in [3.63, 3.8) is 0 Å². The molecular weight excluding hydrogens is 338 g/mol. The van der Waals surface area contributed by atoms with E-state index in [2.05, 4.69) is 20.2 Å². The minimum absolute atomic E-state index is 0.0358. The van der Waals surface area contributed by atoms with E-state index in [-0.39, 0.29) is 17.4 Å². The molecule has 0 bridgehead atoms. The Morgan fingerprint density at radius 3 is 2.84 bits per heavy atom. The second-order valence-electron chi connectivity index (χ2n) is 6.08. The monoisotopic (exact) mass is 355 g/mol. The molecule has 0 aliphatic carbocycles. The van der Waals surface area contributed by atoms with Gasteiger partial charge < -0.3 is 9.88 Å². The molecule has 1 aliphatic rings. The van der Waals surface area contributed by atoms with Gasteiger partial charge in [0.1, 0.15) is 5.69 Å². The van der Waals surface area contributed by atoms with E-state index in [9.17, 15) is 9.59 Å². The third-order valence-corrected chi connectivity index (χ3v) is 5.21. The summed E-state index contributed by atoms with van der Waals surface area (Å²) in [5.41, 5.74) is 2.97. The number of likely N-dealkylation sites (tertiary alicyclic amines) is 1. The number of nitrogens with one attached hydrogen (secondary N) is 2. The molecule has 4 heterocycles. The summed E-state index contributed by atoms with van der Waals surface area (Å²) in [4.78, 5) is 32.7. The number of carbonyl (C=O) groups is 1. The molecule has 128 valence electrons. The summed E-state index contributed by atoms with van der Waals surface area (Å²) < 4.78 is 0. The number of piperidine rings is 1. The lowest BCUT2D eigenvalue weighted by atomic mass is 9.93. The largest absolute Gasteiger partial charge is 0.337 e. The molecular formula is C17H17N5O2S. The second-order valence-corrected chi connectivity index (χ2v) is 6.86. The molecule has 1 fully saturated rings. The molecule has 0 spiro atoms. The maximum atomic E-state index is 12.7. The molecule has 0 atom stereocenters. The number of thiophene rings is 1. The quantitative estimate of drug-likeness (QED) is 0.753. The highest BCUT2D eigenvalue weighted by Gasteiger charge is 2.26. The Balaban J connectivity index is 1.42. The first-order valence-corrected chi connectivity index (χ1v) is 9.07. The molecule has 7 nitrogen and oxygen atoms in total. The fourth-order valence-corrected chi connectivity index (χ4v) is 3.79. The van der Waals surface area contributed by atoms with Gasteiger partial charge in [-0.3, -0.25) is 14.7 Å². The molecule has 2 N–H and O–H groups in total. The molecule has 1 amide bonds. The van der Waals surface area contributed by atoms with Crippen molar-refractivity contribution in [1.29, 1.82) is 0 Å². The minimum Gasteiger partial charge on any atom is -0.337 e. The highest BCUT2D eigenvalue weighted by molar-refractivity contribution is 7.08. The number of hydrogen-bond acceptors (Lipinski definition) is 5. The molecule has 1 aliphatic heterocycles. The summed E-state index contributed by atoms with van der Waals surface area (Å²) in [5.74, 6) is 0.181. The van der Waals surface area contributed by atoms with Crippen LogP contribution >= 0.6 is 11.3 Å². The standard InChI is InChI=1S/C17H17N5O2S/c23-16-8-13(18-10-19-16)11-1-4-22(5-2-11)17(24)15-7-14(20-21-15)12-3-6-25-9-12/h3,6-11H,1-2,4-5H2,(H,20,21)(H,18,19,23). The van der Waals surface area contributed by atoms with Crippen molar-refractivity contribution in [2.45, 2.75) is 18.8 Å². The molecule has 0 radical (unpaired) electrons. The highest BCUT2D eigenvalue weighted by Crippen LogP contribution is 2.27. The van der Waals surface area contributed by atoms with Crippen LogP contribution in [0.4, 0.5) is 0 Å². The van der Waals surface area contributed by atoms with Gasteiger partial charge in [-0.2, -0.15) is 16.4 Å². The number of amides is 1. The number of carbonyl (C=O) groups excluding carboxylic acids is 1. The van der Waals surface area contributed by atoms with Crippen molar-refractivity contribution in [1.82, 2.24) is 25.1 Å². The van der Waals surface area contributed by atoms with Crippen molar-refractivity contribution in [3.05, 3.63) is 57.0 Å². The van der Waals surface area contributed by atoms with Gasteiger partial charge in [-0.1, -0.05) is 0 Å². The van der Waals surface area contributed by atoms with E-state index in [1.165, 1.54) is 6.33 Å². The molecule has 1 saturated heterocycles. The van der Waals surface area contributed by atoms with Crippen LogP contribution in [-0.2, 0) is 0 Å². The third kappa shape index (κ3) is 3.25. The Bertz CT molecular complexity index is 922. The highest BCUT2D eigenvalue weighted by atomic mass is 32.1. The van der Waals surface area contributed by atoms with Gasteiger partial charge in [-0.05, 0) is 30.4 Å². The van der Waals surface area contributed by atoms with Crippen molar-refractivity contribution in [2.75, 3.05) is 13.1 Å². The van der Waals surface area contributed by atoms with Gasteiger partial charge >= 0.3 is 0 Å². The lowest BCUT2D eigenvalue weighted by molar-refractivity contribution is 0.0706. The first-order valence-electron chi connectivity index (χ1n) is 8.12. The Morgan fingerprint density at radius 2 is 2.12 bits per heavy atom. The van der Waals surface area contributed by atoms with Gasteiger partial charge in [0.25, 0.3) is 11.5 Å². The molecule has 0 aromatic carbocycles. The normalized spacial score (nSPS) is 15.4. The van der Waals surface area contributed by atoms with E-state index < -0.39 is 0 Å². The molecule has 25 heavy (non-hydrogen) atoms. The SMILES string of the molecule is O=C(c1cc(-c2ccsc2)n[nH]1)N1CCC(c2cc(=O)[nH]cn2)CC1. The van der Waals surface area contributed by atoms with Crippen LogP contribution in [0.3, 0.4) is 0 Å². The summed E-state index contributed by atoms with van der Waals surface area (Å²) >= 11 is 1.60. The minimum atomic E-state index is -0.137. The van der Waals surface area contributed by atoms with Crippen molar-refractivity contribution >= 4 is 17.2 Å². The van der Waals surface area contributed by atoms with Gasteiger partial charge in [0.2, 0.25) is 0 Å². The predicted molar refractivity (Wildman–Crippen MR) is 94.6 cm³/mol. The number of rotatable bonds is 3. The summed E-state index contributed by atoms with van der Waals surface area (Å²) in [5, 5.41) is 11.1. The average molecular weight is 355 g/mol. The fourth-order valence-electron chi connectivity index (χ4n) is 3.15.